The molecule has 24 heavy (non-hydrogen) atoms. The molecule has 0 bridgehead atoms. The standard InChI is InChI=1S/C15H24N2O5S2/c1-12-7-9-17(10-8-12)24(20,21)13-5-6-15(22-3)14(11-13)16(2)23(4,18)19/h5-6,11-12H,7-10H2,1-4H3. The van der Waals surface area contributed by atoms with E-state index in [-0.39, 0.29) is 10.6 Å². The molecule has 1 heterocycles. The lowest BCUT2D eigenvalue weighted by molar-refractivity contribution is 0.288. The lowest BCUT2D eigenvalue weighted by Crippen LogP contribution is -2.38. The highest BCUT2D eigenvalue weighted by Crippen LogP contribution is 2.33. The first-order valence-corrected chi connectivity index (χ1v) is 11.0. The number of hydrogen-bond donors (Lipinski definition) is 0. The molecule has 2 rings (SSSR count). The van der Waals surface area contributed by atoms with Crippen molar-refractivity contribution >= 4 is 25.7 Å². The second-order valence-corrected chi connectivity index (χ2v) is 10.1. The molecule has 1 aromatic rings. The van der Waals surface area contributed by atoms with Crippen molar-refractivity contribution in [3.63, 3.8) is 0 Å². The van der Waals surface area contributed by atoms with Gasteiger partial charge in [-0.1, -0.05) is 6.92 Å². The maximum atomic E-state index is 12.8. The lowest BCUT2D eigenvalue weighted by Gasteiger charge is -2.30. The van der Waals surface area contributed by atoms with Crippen molar-refractivity contribution in [2.24, 2.45) is 5.92 Å². The van der Waals surface area contributed by atoms with Crippen LogP contribution in [0, 0.1) is 5.92 Å². The minimum atomic E-state index is -3.66. The summed E-state index contributed by atoms with van der Waals surface area (Å²) in [6.07, 6.45) is 2.70. The van der Waals surface area contributed by atoms with Gasteiger partial charge < -0.3 is 4.74 Å². The van der Waals surface area contributed by atoms with Gasteiger partial charge in [0.25, 0.3) is 0 Å². The van der Waals surface area contributed by atoms with Crippen LogP contribution in [0.3, 0.4) is 0 Å². The zero-order valence-electron chi connectivity index (χ0n) is 14.4. The zero-order valence-corrected chi connectivity index (χ0v) is 16.0. The quantitative estimate of drug-likeness (QED) is 0.778. The van der Waals surface area contributed by atoms with Crippen LogP contribution >= 0.6 is 0 Å². The van der Waals surface area contributed by atoms with E-state index in [2.05, 4.69) is 6.92 Å². The zero-order chi connectivity index (χ0) is 18.1. The van der Waals surface area contributed by atoms with Crippen LogP contribution in [0.2, 0.25) is 0 Å². The average Bonchev–Trinajstić information content (AvgIpc) is 2.53. The minimum Gasteiger partial charge on any atom is -0.495 e. The maximum Gasteiger partial charge on any atom is 0.243 e. The lowest BCUT2D eigenvalue weighted by atomic mass is 10.0. The summed E-state index contributed by atoms with van der Waals surface area (Å²) in [5, 5.41) is 0. The van der Waals surface area contributed by atoms with Crippen LogP contribution in [0.5, 0.6) is 5.75 Å². The second kappa shape index (κ2) is 6.89. The molecule has 0 N–H and O–H groups in total. The van der Waals surface area contributed by atoms with Crippen LogP contribution in [0.25, 0.3) is 0 Å². The van der Waals surface area contributed by atoms with Crippen molar-refractivity contribution in [3.05, 3.63) is 18.2 Å². The topological polar surface area (TPSA) is 84.0 Å². The third-order valence-electron chi connectivity index (χ3n) is 4.37. The SMILES string of the molecule is COc1ccc(S(=O)(=O)N2CCC(C)CC2)cc1N(C)S(C)(=O)=O. The van der Waals surface area contributed by atoms with Gasteiger partial charge in [-0.25, -0.2) is 16.8 Å². The van der Waals surface area contributed by atoms with Gasteiger partial charge in [-0.05, 0) is 37.0 Å². The molecule has 7 nitrogen and oxygen atoms in total. The fraction of sp³-hybridized carbons (Fsp3) is 0.600. The van der Waals surface area contributed by atoms with Crippen molar-refractivity contribution in [2.45, 2.75) is 24.7 Å². The molecule has 136 valence electrons. The molecule has 1 aliphatic heterocycles. The second-order valence-electron chi connectivity index (χ2n) is 6.15. The van der Waals surface area contributed by atoms with Crippen LogP contribution in [0.4, 0.5) is 5.69 Å². The van der Waals surface area contributed by atoms with E-state index in [1.165, 1.54) is 36.7 Å². The van der Waals surface area contributed by atoms with E-state index < -0.39 is 20.0 Å². The van der Waals surface area contributed by atoms with E-state index in [0.717, 1.165) is 23.4 Å². The number of anilines is 1. The summed E-state index contributed by atoms with van der Waals surface area (Å²) in [4.78, 5) is 0.0725. The van der Waals surface area contributed by atoms with Gasteiger partial charge in [0, 0.05) is 20.1 Å². The molecule has 1 saturated heterocycles. The van der Waals surface area contributed by atoms with Gasteiger partial charge in [-0.2, -0.15) is 4.31 Å². The molecule has 0 aromatic heterocycles. The van der Waals surface area contributed by atoms with Crippen LogP contribution in [-0.4, -0.2) is 54.6 Å². The highest BCUT2D eigenvalue weighted by molar-refractivity contribution is 7.92. The van der Waals surface area contributed by atoms with Crippen molar-refractivity contribution in [2.75, 3.05) is 37.8 Å². The summed E-state index contributed by atoms with van der Waals surface area (Å²) < 4.78 is 56.9. The first kappa shape index (κ1) is 19.0. The van der Waals surface area contributed by atoms with E-state index in [1.807, 2.05) is 0 Å². The van der Waals surface area contributed by atoms with Crippen LogP contribution in [0.15, 0.2) is 23.1 Å². The third-order valence-corrected chi connectivity index (χ3v) is 7.45. The molecule has 0 unspecified atom stereocenters. The first-order valence-electron chi connectivity index (χ1n) is 7.69. The Balaban J connectivity index is 2.44. The Bertz CT molecular complexity index is 797. The fourth-order valence-electron chi connectivity index (χ4n) is 2.63. The molecule has 9 heteroatoms. The third kappa shape index (κ3) is 3.84. The molecule has 0 aliphatic carbocycles. The fourth-order valence-corrected chi connectivity index (χ4v) is 4.62. The first-order chi connectivity index (χ1) is 11.1. The Morgan fingerprint density at radius 3 is 2.25 bits per heavy atom. The number of rotatable bonds is 5. The van der Waals surface area contributed by atoms with Crippen molar-refractivity contribution in [1.29, 1.82) is 0 Å². The van der Waals surface area contributed by atoms with Crippen molar-refractivity contribution in [3.8, 4) is 5.75 Å². The Hall–Kier alpha value is -1.32. The molecule has 0 spiro atoms. The monoisotopic (exact) mass is 376 g/mol. The normalized spacial score (nSPS) is 17.7. The summed E-state index contributed by atoms with van der Waals surface area (Å²) >= 11 is 0. The number of ether oxygens (including phenoxy) is 1. The summed E-state index contributed by atoms with van der Waals surface area (Å²) in [7, 11) is -4.41. The summed E-state index contributed by atoms with van der Waals surface area (Å²) in [5.41, 5.74) is 0.200. The van der Waals surface area contributed by atoms with Gasteiger partial charge in [0.15, 0.2) is 0 Å². The average molecular weight is 377 g/mol. The Morgan fingerprint density at radius 2 is 1.75 bits per heavy atom. The summed E-state index contributed by atoms with van der Waals surface area (Å²) in [6.45, 7) is 3.07. The van der Waals surface area contributed by atoms with Crippen molar-refractivity contribution in [1.82, 2.24) is 4.31 Å². The number of hydrogen-bond acceptors (Lipinski definition) is 5. The minimum absolute atomic E-state index is 0.0725. The molecule has 0 radical (unpaired) electrons. The summed E-state index contributed by atoms with van der Waals surface area (Å²) in [5.74, 6) is 0.813. The highest BCUT2D eigenvalue weighted by atomic mass is 32.2. The Morgan fingerprint density at radius 1 is 1.17 bits per heavy atom. The van der Waals surface area contributed by atoms with Crippen molar-refractivity contribution < 1.29 is 21.6 Å². The Kier molecular flexibility index (Phi) is 5.46. The molecular weight excluding hydrogens is 352 g/mol. The summed E-state index contributed by atoms with van der Waals surface area (Å²) in [6, 6.07) is 4.29. The predicted molar refractivity (Wildman–Crippen MR) is 93.4 cm³/mol. The van der Waals surface area contributed by atoms with Gasteiger partial charge in [0.2, 0.25) is 20.0 Å². The molecular formula is C15H24N2O5S2. The van der Waals surface area contributed by atoms with Gasteiger partial charge >= 0.3 is 0 Å². The van der Waals surface area contributed by atoms with Gasteiger partial charge in [-0.3, -0.25) is 4.31 Å². The van der Waals surface area contributed by atoms with E-state index in [0.29, 0.717) is 24.8 Å². The molecule has 1 fully saturated rings. The number of benzene rings is 1. The molecule has 1 aliphatic rings. The largest absolute Gasteiger partial charge is 0.495 e. The van der Waals surface area contributed by atoms with Crippen LogP contribution < -0.4 is 9.04 Å². The van der Waals surface area contributed by atoms with E-state index in [9.17, 15) is 16.8 Å². The van der Waals surface area contributed by atoms with E-state index in [1.54, 1.807) is 0 Å². The number of sulfonamides is 2. The molecule has 1 aromatic carbocycles. The van der Waals surface area contributed by atoms with Gasteiger partial charge in [-0.15, -0.1) is 0 Å². The highest BCUT2D eigenvalue weighted by Gasteiger charge is 2.29. The molecule has 0 atom stereocenters. The van der Waals surface area contributed by atoms with E-state index >= 15 is 0 Å². The number of piperidine rings is 1. The smallest absolute Gasteiger partial charge is 0.243 e. The van der Waals surface area contributed by atoms with Crippen LogP contribution in [0.1, 0.15) is 19.8 Å². The molecule has 0 amide bonds. The number of methoxy groups -OCH3 is 1. The van der Waals surface area contributed by atoms with E-state index in [4.69, 9.17) is 4.74 Å². The predicted octanol–water partition coefficient (Wildman–Crippen LogP) is 1.51. The van der Waals surface area contributed by atoms with Gasteiger partial charge in [0.1, 0.15) is 5.75 Å². The Labute approximate surface area is 144 Å². The number of nitrogens with zero attached hydrogens (tertiary/aromatic N) is 2. The maximum absolute atomic E-state index is 12.8. The molecule has 0 saturated carbocycles. The van der Waals surface area contributed by atoms with Crippen LogP contribution in [-0.2, 0) is 20.0 Å². The van der Waals surface area contributed by atoms with Gasteiger partial charge in [0.05, 0.1) is 23.9 Å².